The van der Waals surface area contributed by atoms with Crippen LogP contribution in [-0.4, -0.2) is 4.98 Å². The Morgan fingerprint density at radius 2 is 1.88 bits per heavy atom. The molecule has 1 radical (unpaired) electrons. The molecule has 0 aliphatic carbocycles. The SMILES string of the molecule is CCCCCCc1c[nH]c2ccc(Oc3c(Cl)c[c]cc3Cl)cc12. The number of aromatic amines is 1. The molecule has 0 unspecified atom stereocenters. The molecule has 1 aromatic heterocycles. The van der Waals surface area contributed by atoms with E-state index in [1.165, 1.54) is 36.6 Å². The number of nitrogens with one attached hydrogen (secondary N) is 1. The van der Waals surface area contributed by atoms with Crippen molar-refractivity contribution in [2.45, 2.75) is 39.0 Å². The Hall–Kier alpha value is -1.64. The molecule has 1 heterocycles. The second-order valence-corrected chi connectivity index (χ2v) is 6.73. The minimum absolute atomic E-state index is 0.455. The monoisotopic (exact) mass is 360 g/mol. The first-order chi connectivity index (χ1) is 11.7. The van der Waals surface area contributed by atoms with Gasteiger partial charge in [0.05, 0.1) is 10.0 Å². The molecule has 0 aliphatic rings. The number of aromatic nitrogens is 1. The van der Waals surface area contributed by atoms with E-state index in [1.54, 1.807) is 12.1 Å². The van der Waals surface area contributed by atoms with Gasteiger partial charge in [-0.3, -0.25) is 0 Å². The van der Waals surface area contributed by atoms with E-state index in [4.69, 9.17) is 27.9 Å². The molecule has 0 spiro atoms. The standard InChI is InChI=1S/C20H20Cl2NO/c1-2-3-4-5-7-14-13-23-19-11-10-15(12-16(14)19)24-20-17(21)8-6-9-18(20)22/h8-13,23H,2-5,7H2,1H3. The van der Waals surface area contributed by atoms with Crippen molar-refractivity contribution in [2.75, 3.05) is 0 Å². The number of rotatable bonds is 7. The fourth-order valence-corrected chi connectivity index (χ4v) is 3.27. The van der Waals surface area contributed by atoms with Gasteiger partial charge in [0, 0.05) is 17.1 Å². The van der Waals surface area contributed by atoms with Crippen molar-refractivity contribution in [1.29, 1.82) is 0 Å². The summed E-state index contributed by atoms with van der Waals surface area (Å²) in [5.41, 5.74) is 2.44. The van der Waals surface area contributed by atoms with Gasteiger partial charge in [0.15, 0.2) is 5.75 Å². The number of halogens is 2. The molecule has 125 valence electrons. The van der Waals surface area contributed by atoms with E-state index >= 15 is 0 Å². The van der Waals surface area contributed by atoms with E-state index in [9.17, 15) is 0 Å². The van der Waals surface area contributed by atoms with Crippen LogP contribution in [0.15, 0.2) is 36.5 Å². The third-order valence-corrected chi connectivity index (χ3v) is 4.67. The largest absolute Gasteiger partial charge is 0.454 e. The molecule has 0 bridgehead atoms. The lowest BCUT2D eigenvalue weighted by Gasteiger charge is -2.09. The summed E-state index contributed by atoms with van der Waals surface area (Å²) in [4.78, 5) is 3.33. The number of aryl methyl sites for hydroxylation is 1. The Bertz CT molecular complexity index is 805. The van der Waals surface area contributed by atoms with Gasteiger partial charge in [0.25, 0.3) is 0 Å². The molecule has 0 aliphatic heterocycles. The Labute approximate surface area is 152 Å². The summed E-state index contributed by atoms with van der Waals surface area (Å²) in [7, 11) is 0. The zero-order chi connectivity index (χ0) is 16.9. The summed E-state index contributed by atoms with van der Waals surface area (Å²) in [6, 6.07) is 12.2. The third-order valence-electron chi connectivity index (χ3n) is 4.11. The average molecular weight is 361 g/mol. The van der Waals surface area contributed by atoms with E-state index in [-0.39, 0.29) is 0 Å². The maximum absolute atomic E-state index is 6.16. The van der Waals surface area contributed by atoms with Gasteiger partial charge in [0.2, 0.25) is 0 Å². The highest BCUT2D eigenvalue weighted by Crippen LogP contribution is 2.37. The van der Waals surface area contributed by atoms with Gasteiger partial charge in [-0.25, -0.2) is 0 Å². The molecule has 4 heteroatoms. The quantitative estimate of drug-likeness (QED) is 0.443. The van der Waals surface area contributed by atoms with Crippen LogP contribution < -0.4 is 4.74 Å². The number of unbranched alkanes of at least 4 members (excludes halogenated alkanes) is 3. The molecular formula is C20H20Cl2NO. The normalized spacial score (nSPS) is 11.1. The van der Waals surface area contributed by atoms with Crippen LogP contribution in [0.4, 0.5) is 0 Å². The summed E-state index contributed by atoms with van der Waals surface area (Å²) in [6.45, 7) is 2.23. The Morgan fingerprint density at radius 1 is 1.08 bits per heavy atom. The summed E-state index contributed by atoms with van der Waals surface area (Å²) >= 11 is 12.3. The lowest BCUT2D eigenvalue weighted by atomic mass is 10.1. The molecule has 2 nitrogen and oxygen atoms in total. The molecule has 2 aromatic carbocycles. The zero-order valence-corrected chi connectivity index (χ0v) is 15.2. The number of fused-ring (bicyclic) bond motifs is 1. The van der Waals surface area contributed by atoms with Gasteiger partial charge in [-0.05, 0) is 54.8 Å². The van der Waals surface area contributed by atoms with Gasteiger partial charge in [-0.1, -0.05) is 49.4 Å². The molecule has 0 saturated carbocycles. The number of hydrogen-bond acceptors (Lipinski definition) is 1. The number of benzene rings is 2. The summed E-state index contributed by atoms with van der Waals surface area (Å²) in [6.07, 6.45) is 8.19. The zero-order valence-electron chi connectivity index (χ0n) is 13.7. The topological polar surface area (TPSA) is 25.0 Å². The van der Waals surface area contributed by atoms with E-state index in [0.29, 0.717) is 15.8 Å². The van der Waals surface area contributed by atoms with Gasteiger partial charge >= 0.3 is 0 Å². The van der Waals surface area contributed by atoms with Crippen molar-refractivity contribution in [3.8, 4) is 11.5 Å². The van der Waals surface area contributed by atoms with Gasteiger partial charge in [0.1, 0.15) is 5.75 Å². The van der Waals surface area contributed by atoms with Crippen LogP contribution in [0.5, 0.6) is 11.5 Å². The van der Waals surface area contributed by atoms with Crippen LogP contribution in [0.2, 0.25) is 10.0 Å². The lowest BCUT2D eigenvalue weighted by Crippen LogP contribution is -1.88. The second kappa shape index (κ2) is 7.96. The summed E-state index contributed by atoms with van der Waals surface area (Å²) < 4.78 is 5.92. The van der Waals surface area contributed by atoms with Crippen molar-refractivity contribution < 1.29 is 4.74 Å². The Balaban J connectivity index is 1.82. The minimum Gasteiger partial charge on any atom is -0.454 e. The average Bonchev–Trinajstić information content (AvgIpc) is 2.98. The lowest BCUT2D eigenvalue weighted by molar-refractivity contribution is 0.484. The first-order valence-corrected chi connectivity index (χ1v) is 9.07. The van der Waals surface area contributed by atoms with Gasteiger partial charge in [-0.15, -0.1) is 0 Å². The molecule has 3 aromatic rings. The summed E-state index contributed by atoms with van der Waals surface area (Å²) in [5.74, 6) is 1.20. The van der Waals surface area contributed by atoms with Gasteiger partial charge < -0.3 is 9.72 Å². The first-order valence-electron chi connectivity index (χ1n) is 8.32. The van der Waals surface area contributed by atoms with E-state index in [0.717, 1.165) is 17.7 Å². The Morgan fingerprint density at radius 3 is 2.62 bits per heavy atom. The Kier molecular flexibility index (Phi) is 5.70. The van der Waals surface area contributed by atoms with Crippen LogP contribution in [0, 0.1) is 6.07 Å². The maximum Gasteiger partial charge on any atom is 0.164 e. The third kappa shape index (κ3) is 3.88. The number of H-pyrrole nitrogens is 1. The van der Waals surface area contributed by atoms with E-state index in [1.807, 2.05) is 18.2 Å². The molecule has 0 atom stereocenters. The van der Waals surface area contributed by atoms with Crippen molar-refractivity contribution in [1.82, 2.24) is 4.98 Å². The van der Waals surface area contributed by atoms with Crippen molar-refractivity contribution >= 4 is 34.1 Å². The summed E-state index contributed by atoms with van der Waals surface area (Å²) in [5, 5.41) is 2.10. The van der Waals surface area contributed by atoms with Crippen molar-refractivity contribution in [3.05, 3.63) is 58.2 Å². The molecule has 1 N–H and O–H groups in total. The molecule has 0 fully saturated rings. The highest BCUT2D eigenvalue weighted by atomic mass is 35.5. The molecule has 0 amide bonds. The predicted octanol–water partition coefficient (Wildman–Crippen LogP) is 7.19. The van der Waals surface area contributed by atoms with Crippen LogP contribution >= 0.6 is 23.2 Å². The highest BCUT2D eigenvalue weighted by Gasteiger charge is 2.10. The smallest absolute Gasteiger partial charge is 0.164 e. The van der Waals surface area contributed by atoms with Crippen LogP contribution in [0.3, 0.4) is 0 Å². The van der Waals surface area contributed by atoms with E-state index < -0.39 is 0 Å². The molecule has 3 rings (SSSR count). The first kappa shape index (κ1) is 17.2. The minimum atomic E-state index is 0.455. The van der Waals surface area contributed by atoms with Crippen molar-refractivity contribution in [2.24, 2.45) is 0 Å². The predicted molar refractivity (Wildman–Crippen MR) is 102 cm³/mol. The molecular weight excluding hydrogens is 341 g/mol. The van der Waals surface area contributed by atoms with Crippen molar-refractivity contribution in [3.63, 3.8) is 0 Å². The molecule has 24 heavy (non-hydrogen) atoms. The number of ether oxygens (including phenoxy) is 1. The van der Waals surface area contributed by atoms with Crippen LogP contribution in [0.25, 0.3) is 10.9 Å². The van der Waals surface area contributed by atoms with Gasteiger partial charge in [-0.2, -0.15) is 0 Å². The van der Waals surface area contributed by atoms with Crippen LogP contribution in [-0.2, 0) is 6.42 Å². The van der Waals surface area contributed by atoms with E-state index in [2.05, 4.69) is 24.2 Å². The maximum atomic E-state index is 6.16. The fourth-order valence-electron chi connectivity index (χ4n) is 2.82. The highest BCUT2D eigenvalue weighted by molar-refractivity contribution is 6.37. The second-order valence-electron chi connectivity index (χ2n) is 5.91. The number of hydrogen-bond donors (Lipinski definition) is 1. The van der Waals surface area contributed by atoms with Crippen LogP contribution in [0.1, 0.15) is 38.2 Å². The fraction of sp³-hybridized carbons (Fsp3) is 0.300. The molecule has 0 saturated heterocycles.